The van der Waals surface area contributed by atoms with Gasteiger partial charge in [-0.2, -0.15) is 4.39 Å². The molecule has 8 nitrogen and oxygen atoms in total. The first-order valence-corrected chi connectivity index (χ1v) is 9.39. The Hall–Kier alpha value is -3.36. The number of hydrogen-bond acceptors (Lipinski definition) is 6. The Labute approximate surface area is 173 Å². The number of likely N-dealkylation sites (N-methyl/N-ethyl adjacent to an activating group) is 1. The Morgan fingerprint density at radius 2 is 2.10 bits per heavy atom. The molecule has 9 heteroatoms. The van der Waals surface area contributed by atoms with Crippen molar-refractivity contribution in [1.82, 2.24) is 10.3 Å². The van der Waals surface area contributed by atoms with Gasteiger partial charge >= 0.3 is 6.09 Å². The van der Waals surface area contributed by atoms with Crippen LogP contribution in [0.15, 0.2) is 36.5 Å². The largest absolute Gasteiger partial charge is 0.489 e. The van der Waals surface area contributed by atoms with Crippen molar-refractivity contribution >= 4 is 17.7 Å². The highest BCUT2D eigenvalue weighted by Gasteiger charge is 2.33. The van der Waals surface area contributed by atoms with Crippen LogP contribution in [-0.2, 0) is 16.1 Å². The van der Waals surface area contributed by atoms with Crippen LogP contribution in [0.4, 0.5) is 14.9 Å². The second kappa shape index (κ2) is 8.56. The van der Waals surface area contributed by atoms with E-state index in [9.17, 15) is 14.0 Å². The molecule has 3 rings (SSSR count). The highest BCUT2D eigenvalue weighted by molar-refractivity contribution is 5.99. The SMILES string of the molecule is CN1C(=O)[C@@H](OC(=O)NC(C)(C)C)COc2ccc(OCc3ccc(F)nc3)cc21. The van der Waals surface area contributed by atoms with Crippen molar-refractivity contribution in [3.8, 4) is 11.5 Å². The number of benzene rings is 1. The molecule has 2 amide bonds. The van der Waals surface area contributed by atoms with Gasteiger partial charge < -0.3 is 24.4 Å². The van der Waals surface area contributed by atoms with E-state index in [1.165, 1.54) is 17.2 Å². The Bertz CT molecular complexity index is 927. The summed E-state index contributed by atoms with van der Waals surface area (Å²) in [7, 11) is 1.57. The molecule has 1 aliphatic rings. The summed E-state index contributed by atoms with van der Waals surface area (Å²) in [6, 6.07) is 7.86. The summed E-state index contributed by atoms with van der Waals surface area (Å²) in [5.74, 6) is -0.0261. The third-order valence-corrected chi connectivity index (χ3v) is 4.21. The van der Waals surface area contributed by atoms with E-state index in [0.717, 1.165) is 0 Å². The normalized spacial score (nSPS) is 16.2. The number of pyridine rings is 1. The van der Waals surface area contributed by atoms with Gasteiger partial charge in [0.25, 0.3) is 5.91 Å². The molecule has 1 N–H and O–H groups in total. The van der Waals surface area contributed by atoms with E-state index >= 15 is 0 Å². The molecular formula is C21H24FN3O5. The predicted octanol–water partition coefficient (Wildman–Crippen LogP) is 3.05. The average Bonchev–Trinajstić information content (AvgIpc) is 2.78. The van der Waals surface area contributed by atoms with Crippen molar-refractivity contribution in [3.05, 3.63) is 48.0 Å². The van der Waals surface area contributed by atoms with Crippen LogP contribution in [0.25, 0.3) is 0 Å². The number of amides is 2. The fraction of sp³-hybridized carbons (Fsp3) is 0.381. The molecule has 0 aliphatic carbocycles. The number of nitrogens with one attached hydrogen (secondary N) is 1. The Kier molecular flexibility index (Phi) is 6.09. The zero-order valence-electron chi connectivity index (χ0n) is 17.3. The van der Waals surface area contributed by atoms with Gasteiger partial charge in [0, 0.05) is 30.4 Å². The number of carbonyl (C=O) groups is 2. The van der Waals surface area contributed by atoms with Gasteiger partial charge in [0.1, 0.15) is 24.7 Å². The van der Waals surface area contributed by atoms with Crippen LogP contribution in [0, 0.1) is 5.95 Å². The number of aromatic nitrogens is 1. The highest BCUT2D eigenvalue weighted by atomic mass is 19.1. The van der Waals surface area contributed by atoms with Gasteiger partial charge in [0.15, 0.2) is 0 Å². The molecule has 0 spiro atoms. The third-order valence-electron chi connectivity index (χ3n) is 4.21. The lowest BCUT2D eigenvalue weighted by Crippen LogP contribution is -2.46. The van der Waals surface area contributed by atoms with E-state index in [2.05, 4.69) is 10.3 Å². The molecule has 0 saturated carbocycles. The maximum atomic E-state index is 12.9. The van der Waals surface area contributed by atoms with Gasteiger partial charge in [-0.3, -0.25) is 4.79 Å². The molecule has 2 heterocycles. The molecule has 0 bridgehead atoms. The van der Waals surface area contributed by atoms with Gasteiger partial charge in [0.05, 0.1) is 5.69 Å². The summed E-state index contributed by atoms with van der Waals surface area (Å²) in [6.07, 6.45) is -0.387. The lowest BCUT2D eigenvalue weighted by atomic mass is 10.1. The van der Waals surface area contributed by atoms with Gasteiger partial charge in [-0.25, -0.2) is 9.78 Å². The minimum absolute atomic E-state index is 0.102. The van der Waals surface area contributed by atoms with Crippen LogP contribution < -0.4 is 19.7 Å². The van der Waals surface area contributed by atoms with Crippen molar-refractivity contribution in [1.29, 1.82) is 0 Å². The predicted molar refractivity (Wildman–Crippen MR) is 107 cm³/mol. The van der Waals surface area contributed by atoms with E-state index in [4.69, 9.17) is 14.2 Å². The second-order valence-electron chi connectivity index (χ2n) is 7.88. The van der Waals surface area contributed by atoms with Crippen molar-refractivity contribution in [2.75, 3.05) is 18.6 Å². The number of alkyl carbamates (subject to hydrolysis) is 1. The number of anilines is 1. The van der Waals surface area contributed by atoms with Crippen LogP contribution in [0.2, 0.25) is 0 Å². The quantitative estimate of drug-likeness (QED) is 0.769. The van der Waals surface area contributed by atoms with Crippen molar-refractivity contribution in [3.63, 3.8) is 0 Å². The number of hydrogen-bond donors (Lipinski definition) is 1. The summed E-state index contributed by atoms with van der Waals surface area (Å²) < 4.78 is 29.6. The van der Waals surface area contributed by atoms with Gasteiger partial charge in [-0.15, -0.1) is 0 Å². The Morgan fingerprint density at radius 1 is 1.33 bits per heavy atom. The van der Waals surface area contributed by atoms with E-state index < -0.39 is 29.6 Å². The van der Waals surface area contributed by atoms with Crippen LogP contribution in [-0.4, -0.2) is 42.3 Å². The smallest absolute Gasteiger partial charge is 0.408 e. The fourth-order valence-electron chi connectivity index (χ4n) is 2.75. The molecular weight excluding hydrogens is 393 g/mol. The fourth-order valence-corrected chi connectivity index (χ4v) is 2.75. The van der Waals surface area contributed by atoms with Gasteiger partial charge in [-0.05, 0) is 45.0 Å². The maximum absolute atomic E-state index is 12.9. The summed E-state index contributed by atoms with van der Waals surface area (Å²) in [6.45, 7) is 5.51. The summed E-state index contributed by atoms with van der Waals surface area (Å²) in [5, 5.41) is 2.65. The first-order chi connectivity index (χ1) is 14.1. The number of carbonyl (C=O) groups excluding carboxylic acids is 2. The van der Waals surface area contributed by atoms with Crippen LogP contribution >= 0.6 is 0 Å². The molecule has 1 aromatic heterocycles. The summed E-state index contributed by atoms with van der Waals surface area (Å²) in [5.41, 5.74) is 0.690. The molecule has 160 valence electrons. The number of fused-ring (bicyclic) bond motifs is 1. The third kappa shape index (κ3) is 5.37. The minimum atomic E-state index is -1.08. The van der Waals surface area contributed by atoms with E-state index in [1.54, 1.807) is 31.3 Å². The van der Waals surface area contributed by atoms with E-state index in [1.807, 2.05) is 20.8 Å². The Balaban J connectivity index is 1.69. The zero-order valence-corrected chi connectivity index (χ0v) is 17.3. The van der Waals surface area contributed by atoms with Crippen LogP contribution in [0.1, 0.15) is 26.3 Å². The second-order valence-corrected chi connectivity index (χ2v) is 7.88. The number of halogens is 1. The van der Waals surface area contributed by atoms with Crippen molar-refractivity contribution in [2.45, 2.75) is 39.0 Å². The van der Waals surface area contributed by atoms with Crippen LogP contribution in [0.3, 0.4) is 0 Å². The van der Waals surface area contributed by atoms with Crippen molar-refractivity contribution in [2.24, 2.45) is 0 Å². The molecule has 1 aromatic carbocycles. The van der Waals surface area contributed by atoms with Crippen LogP contribution in [0.5, 0.6) is 11.5 Å². The molecule has 0 fully saturated rings. The number of ether oxygens (including phenoxy) is 3. The summed E-state index contributed by atoms with van der Waals surface area (Å²) >= 11 is 0. The molecule has 2 aromatic rings. The van der Waals surface area contributed by atoms with E-state index in [-0.39, 0.29) is 13.2 Å². The topological polar surface area (TPSA) is 90.0 Å². The molecule has 0 unspecified atom stereocenters. The Morgan fingerprint density at radius 3 is 2.77 bits per heavy atom. The monoisotopic (exact) mass is 417 g/mol. The standard InChI is InChI=1S/C21H24FN3O5/c1-21(2,3)24-20(27)30-17-12-29-16-7-6-14(9-15(16)25(4)19(17)26)28-11-13-5-8-18(22)23-10-13/h5-10,17H,11-12H2,1-4H3,(H,24,27)/t17-/m0/s1. The first kappa shape index (κ1) is 21.4. The van der Waals surface area contributed by atoms with Crippen molar-refractivity contribution < 1.29 is 28.2 Å². The number of rotatable bonds is 4. The molecule has 30 heavy (non-hydrogen) atoms. The molecule has 0 radical (unpaired) electrons. The maximum Gasteiger partial charge on any atom is 0.408 e. The molecule has 1 aliphatic heterocycles. The molecule has 1 atom stereocenters. The lowest BCUT2D eigenvalue weighted by molar-refractivity contribution is -0.127. The first-order valence-electron chi connectivity index (χ1n) is 9.39. The summed E-state index contributed by atoms with van der Waals surface area (Å²) in [4.78, 5) is 29.8. The average molecular weight is 417 g/mol. The number of nitrogens with zero attached hydrogens (tertiary/aromatic N) is 2. The minimum Gasteiger partial charge on any atom is -0.489 e. The van der Waals surface area contributed by atoms with Gasteiger partial charge in [-0.1, -0.05) is 0 Å². The molecule has 0 saturated heterocycles. The van der Waals surface area contributed by atoms with E-state index in [0.29, 0.717) is 22.7 Å². The highest BCUT2D eigenvalue weighted by Crippen LogP contribution is 2.34. The van der Waals surface area contributed by atoms with Gasteiger partial charge in [0.2, 0.25) is 12.1 Å². The lowest BCUT2D eigenvalue weighted by Gasteiger charge is -2.23. The zero-order chi connectivity index (χ0) is 21.9.